The van der Waals surface area contributed by atoms with Crippen molar-refractivity contribution in [3.8, 4) is 96.5 Å². The number of benzene rings is 8. The second-order valence-corrected chi connectivity index (χ2v) is 16.4. The number of imidazole rings is 1. The van der Waals surface area contributed by atoms with Gasteiger partial charge in [-0.1, -0.05) is 184 Å². The first-order valence-electron chi connectivity index (χ1n) is 22.1. The topological polar surface area (TPSA) is 95.2 Å². The van der Waals surface area contributed by atoms with E-state index >= 15 is 0 Å². The molecule has 11 rings (SSSR count). The van der Waals surface area contributed by atoms with Crippen LogP contribution in [0.3, 0.4) is 0 Å². The zero-order valence-corrected chi connectivity index (χ0v) is 36.4. The molecule has 0 radical (unpaired) electrons. The molecule has 11 aromatic rings. The molecule has 0 atom stereocenters. The first kappa shape index (κ1) is 40.1. The predicted molar refractivity (Wildman–Crippen MR) is 265 cm³/mol. The van der Waals surface area contributed by atoms with Crippen LogP contribution in [0.2, 0.25) is 0 Å². The van der Waals surface area contributed by atoms with Gasteiger partial charge < -0.3 is 0 Å². The Hall–Kier alpha value is -8.75. The second kappa shape index (κ2) is 17.4. The van der Waals surface area contributed by atoms with E-state index in [1.54, 1.807) is 0 Å². The van der Waals surface area contributed by atoms with Crippen molar-refractivity contribution in [2.75, 3.05) is 0 Å². The molecule has 0 N–H and O–H groups in total. The van der Waals surface area contributed by atoms with Crippen LogP contribution in [0, 0.1) is 0 Å². The molecule has 0 unspecified atom stereocenters. The molecule has 66 heavy (non-hydrogen) atoms. The summed E-state index contributed by atoms with van der Waals surface area (Å²) in [4.78, 5) is 36.1. The fourth-order valence-corrected chi connectivity index (χ4v) is 8.32. The van der Waals surface area contributed by atoms with Crippen LogP contribution in [0.4, 0.5) is 0 Å². The Morgan fingerprint density at radius 3 is 1.12 bits per heavy atom. The Balaban J connectivity index is 1.17. The second-order valence-electron chi connectivity index (χ2n) is 16.4. The van der Waals surface area contributed by atoms with Gasteiger partial charge in [-0.05, 0) is 65.1 Å². The fourth-order valence-electron chi connectivity index (χ4n) is 8.32. The van der Waals surface area contributed by atoms with Crippen molar-refractivity contribution < 1.29 is 0 Å². The summed E-state index contributed by atoms with van der Waals surface area (Å²) in [5, 5.41) is 0. The normalized spacial score (nSPS) is 11.3. The number of hydrogen-bond donors (Lipinski definition) is 0. The predicted octanol–water partition coefficient (Wildman–Crippen LogP) is 13.9. The van der Waals surface area contributed by atoms with Crippen LogP contribution in [0.15, 0.2) is 212 Å². The molecular weight excluding hydrogens is 809 g/mol. The third-order valence-corrected chi connectivity index (χ3v) is 11.7. The summed E-state index contributed by atoms with van der Waals surface area (Å²) < 4.78 is 2.26. The van der Waals surface area contributed by atoms with E-state index in [0.717, 1.165) is 72.6 Å². The van der Waals surface area contributed by atoms with Gasteiger partial charge in [0.15, 0.2) is 34.9 Å². The molecule has 0 saturated carbocycles. The maximum absolute atomic E-state index is 5.34. The number of nitrogens with zero attached hydrogens (tertiary/aromatic N) is 8. The molecular formula is C58H42N8. The SMILES string of the molecule is CC(C)c1ccc(-n2c(-c3ccccc3-c3cc(-c4nc(-c5ccccc5)nc(-c5ccccc5)n4)cc(-c4nc(-c5ccccc5)nc(-c5ccccc5)n4)c3)nc3ccccc32)cc1. The Labute approximate surface area is 383 Å². The molecule has 3 heterocycles. The van der Waals surface area contributed by atoms with Crippen molar-refractivity contribution >= 4 is 11.0 Å². The van der Waals surface area contributed by atoms with E-state index in [0.29, 0.717) is 40.9 Å². The lowest BCUT2D eigenvalue weighted by molar-refractivity contribution is 0.865. The molecule has 0 fully saturated rings. The van der Waals surface area contributed by atoms with Gasteiger partial charge in [0, 0.05) is 44.6 Å². The first-order chi connectivity index (χ1) is 32.5. The summed E-state index contributed by atoms with van der Waals surface area (Å²) in [6.07, 6.45) is 0. The Kier molecular flexibility index (Phi) is 10.6. The van der Waals surface area contributed by atoms with Crippen molar-refractivity contribution in [2.45, 2.75) is 19.8 Å². The molecule has 0 amide bonds. The van der Waals surface area contributed by atoms with Gasteiger partial charge >= 0.3 is 0 Å². The molecule has 0 spiro atoms. The van der Waals surface area contributed by atoms with Crippen molar-refractivity contribution in [3.05, 3.63) is 218 Å². The Morgan fingerprint density at radius 2 is 0.682 bits per heavy atom. The van der Waals surface area contributed by atoms with E-state index in [-0.39, 0.29) is 0 Å². The molecule has 8 nitrogen and oxygen atoms in total. The summed E-state index contributed by atoms with van der Waals surface area (Å²) in [5.74, 6) is 4.55. The molecule has 0 aliphatic rings. The highest BCUT2D eigenvalue weighted by Gasteiger charge is 2.22. The molecule has 3 aromatic heterocycles. The lowest BCUT2D eigenvalue weighted by Gasteiger charge is -2.16. The average Bonchev–Trinajstić information content (AvgIpc) is 3.79. The average molecular weight is 851 g/mol. The summed E-state index contributed by atoms with van der Waals surface area (Å²) in [5.41, 5.74) is 12.2. The third kappa shape index (κ3) is 7.92. The first-order valence-corrected chi connectivity index (χ1v) is 22.1. The van der Waals surface area contributed by atoms with Crippen LogP contribution in [-0.4, -0.2) is 39.5 Å². The lowest BCUT2D eigenvalue weighted by Crippen LogP contribution is -2.03. The number of rotatable bonds is 10. The molecule has 0 saturated heterocycles. The lowest BCUT2D eigenvalue weighted by atomic mass is 9.94. The van der Waals surface area contributed by atoms with E-state index < -0.39 is 0 Å². The number of fused-ring (bicyclic) bond motifs is 1. The molecule has 314 valence electrons. The van der Waals surface area contributed by atoms with E-state index in [2.05, 4.69) is 103 Å². The van der Waals surface area contributed by atoms with Gasteiger partial charge in [-0.3, -0.25) is 4.57 Å². The van der Waals surface area contributed by atoms with Crippen LogP contribution >= 0.6 is 0 Å². The van der Waals surface area contributed by atoms with Gasteiger partial charge in [-0.2, -0.15) is 0 Å². The smallest absolute Gasteiger partial charge is 0.164 e. The van der Waals surface area contributed by atoms with Crippen molar-refractivity contribution in [2.24, 2.45) is 0 Å². The van der Waals surface area contributed by atoms with E-state index in [4.69, 9.17) is 34.9 Å². The maximum Gasteiger partial charge on any atom is 0.164 e. The molecule has 0 aliphatic carbocycles. The van der Waals surface area contributed by atoms with Crippen LogP contribution in [0.25, 0.3) is 108 Å². The Bertz CT molecular complexity index is 3220. The Morgan fingerprint density at radius 1 is 0.318 bits per heavy atom. The molecule has 0 aliphatic heterocycles. The maximum atomic E-state index is 5.34. The fraction of sp³-hybridized carbons (Fsp3) is 0.0517. The van der Waals surface area contributed by atoms with Crippen LogP contribution in [0.5, 0.6) is 0 Å². The van der Waals surface area contributed by atoms with Gasteiger partial charge in [0.25, 0.3) is 0 Å². The third-order valence-electron chi connectivity index (χ3n) is 11.7. The van der Waals surface area contributed by atoms with Crippen molar-refractivity contribution in [3.63, 3.8) is 0 Å². The number of para-hydroxylation sites is 2. The highest BCUT2D eigenvalue weighted by molar-refractivity contribution is 5.90. The molecule has 8 aromatic carbocycles. The standard InChI is InChI=1S/C58H42N8/c1-38(2)39-31-33-47(34-32-39)66-51-30-18-17-29-50(51)59-58(66)49-28-16-15-27-48(49)44-35-45(56-62-52(40-19-7-3-8-20-40)60-53(63-56)41-21-9-4-10-22-41)37-46(36-44)57-64-54(42-23-11-5-12-24-42)61-55(65-57)43-25-13-6-14-26-43/h3-38H,1-2H3. The van der Waals surface area contributed by atoms with Gasteiger partial charge in [-0.15, -0.1) is 0 Å². The zero-order chi connectivity index (χ0) is 44.4. The number of hydrogen-bond acceptors (Lipinski definition) is 7. The number of aromatic nitrogens is 8. The van der Waals surface area contributed by atoms with Crippen LogP contribution in [-0.2, 0) is 0 Å². The quantitative estimate of drug-likeness (QED) is 0.135. The minimum Gasteiger partial charge on any atom is -0.292 e. The van der Waals surface area contributed by atoms with E-state index in [9.17, 15) is 0 Å². The van der Waals surface area contributed by atoms with Crippen LogP contribution < -0.4 is 0 Å². The van der Waals surface area contributed by atoms with Gasteiger partial charge in [0.1, 0.15) is 5.82 Å². The minimum atomic E-state index is 0.411. The van der Waals surface area contributed by atoms with Gasteiger partial charge in [-0.25, -0.2) is 34.9 Å². The van der Waals surface area contributed by atoms with E-state index in [1.165, 1.54) is 5.56 Å². The van der Waals surface area contributed by atoms with E-state index in [1.807, 2.05) is 127 Å². The highest BCUT2D eigenvalue weighted by atomic mass is 15.1. The largest absolute Gasteiger partial charge is 0.292 e. The summed E-state index contributed by atoms with van der Waals surface area (Å²) in [6.45, 7) is 4.44. The molecule has 8 heteroatoms. The zero-order valence-electron chi connectivity index (χ0n) is 36.4. The summed E-state index contributed by atoms with van der Waals surface area (Å²) >= 11 is 0. The minimum absolute atomic E-state index is 0.411. The van der Waals surface area contributed by atoms with Gasteiger partial charge in [0.05, 0.1) is 11.0 Å². The monoisotopic (exact) mass is 850 g/mol. The van der Waals surface area contributed by atoms with Crippen LogP contribution in [0.1, 0.15) is 25.3 Å². The van der Waals surface area contributed by atoms with Crippen molar-refractivity contribution in [1.29, 1.82) is 0 Å². The summed E-state index contributed by atoms with van der Waals surface area (Å²) in [7, 11) is 0. The van der Waals surface area contributed by atoms with Crippen molar-refractivity contribution in [1.82, 2.24) is 39.5 Å². The molecule has 0 bridgehead atoms. The summed E-state index contributed by atoms with van der Waals surface area (Å²) in [6, 6.07) is 72.1. The highest BCUT2D eigenvalue weighted by Crippen LogP contribution is 2.39. The van der Waals surface area contributed by atoms with Gasteiger partial charge in [0.2, 0.25) is 0 Å².